The van der Waals surface area contributed by atoms with Crippen LogP contribution in [0.15, 0.2) is 41.2 Å². The first-order valence-electron chi connectivity index (χ1n) is 11.7. The van der Waals surface area contributed by atoms with Crippen LogP contribution in [0.5, 0.6) is 0 Å². The van der Waals surface area contributed by atoms with Crippen LogP contribution in [0.4, 0.5) is 4.39 Å². The first kappa shape index (κ1) is 23.6. The third-order valence-corrected chi connectivity index (χ3v) is 7.04. The Kier molecular flexibility index (Phi) is 6.97. The quantitative estimate of drug-likeness (QED) is 0.592. The van der Waals surface area contributed by atoms with Crippen molar-refractivity contribution in [3.8, 4) is 11.1 Å². The maximum atomic E-state index is 13.7. The Morgan fingerprint density at radius 2 is 2.06 bits per heavy atom. The number of rotatable bonds is 8. The summed E-state index contributed by atoms with van der Waals surface area (Å²) in [7, 11) is 4.00. The number of carbonyl (C=O) groups is 1. The number of halogens is 1. The molecule has 2 aliphatic rings. The number of nitrogens with zero attached hydrogens (tertiary/aromatic N) is 3. The molecule has 4 atom stereocenters. The van der Waals surface area contributed by atoms with Crippen molar-refractivity contribution in [1.29, 1.82) is 0 Å². The van der Waals surface area contributed by atoms with Gasteiger partial charge in [0, 0.05) is 42.8 Å². The first-order valence-corrected chi connectivity index (χ1v) is 11.7. The van der Waals surface area contributed by atoms with Gasteiger partial charge in [0.2, 0.25) is 5.91 Å². The van der Waals surface area contributed by atoms with Gasteiger partial charge in [0.05, 0.1) is 12.1 Å². The molecule has 4 rings (SSSR count). The Morgan fingerprint density at radius 3 is 2.73 bits per heavy atom. The number of carbonyl (C=O) groups excluding carboxylic acids is 1. The SMILES string of the molecule is CCN1[C@H](C(=O)NCCCN(C)C)[C@@H](CO)[C@@H]2Cn3c(ccc(-c4cccc(F)c4)c3=O)[C@@H]21. The Balaban J connectivity index is 1.61. The molecule has 3 heterocycles. The second-order valence-electron chi connectivity index (χ2n) is 9.28. The summed E-state index contributed by atoms with van der Waals surface area (Å²) in [5.74, 6) is -0.746. The van der Waals surface area contributed by atoms with Gasteiger partial charge in [-0.05, 0) is 63.4 Å². The highest BCUT2D eigenvalue weighted by Crippen LogP contribution is 2.49. The number of nitrogens with one attached hydrogen (secondary N) is 1. The van der Waals surface area contributed by atoms with Crippen LogP contribution in [0.1, 0.15) is 25.1 Å². The summed E-state index contributed by atoms with van der Waals surface area (Å²) in [6.07, 6.45) is 0.856. The highest BCUT2D eigenvalue weighted by atomic mass is 19.1. The van der Waals surface area contributed by atoms with E-state index in [-0.39, 0.29) is 41.8 Å². The molecular formula is C25H33FN4O3. The topological polar surface area (TPSA) is 77.8 Å². The third-order valence-electron chi connectivity index (χ3n) is 7.04. The molecule has 0 saturated carbocycles. The highest BCUT2D eigenvalue weighted by molar-refractivity contribution is 5.82. The minimum Gasteiger partial charge on any atom is -0.396 e. The van der Waals surface area contributed by atoms with Gasteiger partial charge < -0.3 is 19.9 Å². The number of hydrogen-bond acceptors (Lipinski definition) is 5. The van der Waals surface area contributed by atoms with Crippen LogP contribution in [0, 0.1) is 17.7 Å². The number of likely N-dealkylation sites (N-methyl/N-ethyl adjacent to an activating group) is 1. The molecule has 2 N–H and O–H groups in total. The summed E-state index contributed by atoms with van der Waals surface area (Å²) in [6.45, 7) is 4.44. The fraction of sp³-hybridized carbons (Fsp3) is 0.520. The van der Waals surface area contributed by atoms with Gasteiger partial charge in [-0.2, -0.15) is 0 Å². The van der Waals surface area contributed by atoms with E-state index in [9.17, 15) is 19.1 Å². The Labute approximate surface area is 193 Å². The molecule has 8 heteroatoms. The lowest BCUT2D eigenvalue weighted by Gasteiger charge is -2.29. The second kappa shape index (κ2) is 9.75. The number of benzene rings is 1. The van der Waals surface area contributed by atoms with Crippen LogP contribution < -0.4 is 10.9 Å². The van der Waals surface area contributed by atoms with Gasteiger partial charge >= 0.3 is 0 Å². The number of aromatic nitrogens is 1. The molecule has 0 bridgehead atoms. The molecule has 0 aliphatic carbocycles. The molecule has 33 heavy (non-hydrogen) atoms. The van der Waals surface area contributed by atoms with Gasteiger partial charge in [0.25, 0.3) is 5.56 Å². The molecule has 2 aromatic rings. The van der Waals surface area contributed by atoms with E-state index in [1.165, 1.54) is 12.1 Å². The number of likely N-dealkylation sites (tertiary alicyclic amines) is 1. The minimum atomic E-state index is -0.430. The monoisotopic (exact) mass is 456 g/mol. The zero-order chi connectivity index (χ0) is 23.7. The van der Waals surface area contributed by atoms with Crippen LogP contribution in [0.2, 0.25) is 0 Å². The van der Waals surface area contributed by atoms with E-state index in [1.54, 1.807) is 22.8 Å². The predicted molar refractivity (Wildman–Crippen MR) is 125 cm³/mol. The van der Waals surface area contributed by atoms with Gasteiger partial charge in [-0.25, -0.2) is 4.39 Å². The third kappa shape index (κ3) is 4.35. The number of aliphatic hydroxyl groups is 1. The molecule has 0 unspecified atom stereocenters. The summed E-state index contributed by atoms with van der Waals surface area (Å²) >= 11 is 0. The van der Waals surface area contributed by atoms with Gasteiger partial charge in [0.15, 0.2) is 0 Å². The summed E-state index contributed by atoms with van der Waals surface area (Å²) in [6, 6.07) is 9.18. The Morgan fingerprint density at radius 1 is 1.27 bits per heavy atom. The lowest BCUT2D eigenvalue weighted by Crippen LogP contribution is -2.48. The predicted octanol–water partition coefficient (Wildman–Crippen LogP) is 1.71. The van der Waals surface area contributed by atoms with E-state index in [2.05, 4.69) is 15.1 Å². The molecule has 2 aliphatic heterocycles. The fourth-order valence-electron chi connectivity index (χ4n) is 5.57. The second-order valence-corrected chi connectivity index (χ2v) is 9.28. The van der Waals surface area contributed by atoms with E-state index in [1.807, 2.05) is 27.1 Å². The van der Waals surface area contributed by atoms with Crippen LogP contribution >= 0.6 is 0 Å². The van der Waals surface area contributed by atoms with Crippen molar-refractivity contribution in [3.05, 3.63) is 58.3 Å². The van der Waals surface area contributed by atoms with E-state index in [4.69, 9.17) is 0 Å². The average molecular weight is 457 g/mol. The maximum Gasteiger partial charge on any atom is 0.258 e. The summed E-state index contributed by atoms with van der Waals surface area (Å²) in [4.78, 5) is 30.6. The molecule has 1 aromatic carbocycles. The molecule has 1 saturated heterocycles. The molecule has 0 spiro atoms. The van der Waals surface area contributed by atoms with Crippen molar-refractivity contribution in [2.24, 2.45) is 11.8 Å². The Hall–Kier alpha value is -2.55. The number of aliphatic hydroxyl groups excluding tert-OH is 1. The van der Waals surface area contributed by atoms with Crippen LogP contribution in [0.3, 0.4) is 0 Å². The molecule has 0 radical (unpaired) electrons. The van der Waals surface area contributed by atoms with E-state index in [0.717, 1.165) is 18.7 Å². The van der Waals surface area contributed by atoms with Gasteiger partial charge in [-0.3, -0.25) is 14.5 Å². The van der Waals surface area contributed by atoms with Crippen LogP contribution in [0.25, 0.3) is 11.1 Å². The number of amides is 1. The van der Waals surface area contributed by atoms with E-state index < -0.39 is 6.04 Å². The molecule has 178 valence electrons. The van der Waals surface area contributed by atoms with Crippen molar-refractivity contribution in [2.45, 2.75) is 32.0 Å². The van der Waals surface area contributed by atoms with Crippen molar-refractivity contribution in [3.63, 3.8) is 0 Å². The Bertz CT molecular complexity index is 1070. The summed E-state index contributed by atoms with van der Waals surface area (Å²) < 4.78 is 15.5. The molecule has 1 amide bonds. The van der Waals surface area contributed by atoms with Crippen molar-refractivity contribution in [1.82, 2.24) is 19.7 Å². The maximum absolute atomic E-state index is 13.7. The van der Waals surface area contributed by atoms with Gasteiger partial charge in [-0.1, -0.05) is 19.1 Å². The number of fused-ring (bicyclic) bond motifs is 3. The van der Waals surface area contributed by atoms with E-state index in [0.29, 0.717) is 30.8 Å². The molecule has 1 fully saturated rings. The molecule has 1 aromatic heterocycles. The smallest absolute Gasteiger partial charge is 0.258 e. The zero-order valence-electron chi connectivity index (χ0n) is 19.5. The van der Waals surface area contributed by atoms with Crippen molar-refractivity contribution in [2.75, 3.05) is 40.3 Å². The molecule has 7 nitrogen and oxygen atoms in total. The summed E-state index contributed by atoms with van der Waals surface area (Å²) in [5, 5.41) is 13.3. The largest absolute Gasteiger partial charge is 0.396 e. The normalized spacial score (nSPS) is 24.2. The van der Waals surface area contributed by atoms with Crippen LogP contribution in [-0.2, 0) is 11.3 Å². The highest BCUT2D eigenvalue weighted by Gasteiger charge is 2.54. The van der Waals surface area contributed by atoms with E-state index >= 15 is 0 Å². The first-order chi connectivity index (χ1) is 15.9. The number of pyridine rings is 1. The lowest BCUT2D eigenvalue weighted by molar-refractivity contribution is -0.127. The van der Waals surface area contributed by atoms with Crippen LogP contribution in [-0.4, -0.2) is 71.8 Å². The average Bonchev–Trinajstić information content (AvgIpc) is 3.31. The van der Waals surface area contributed by atoms with Gasteiger partial charge in [0.1, 0.15) is 5.82 Å². The van der Waals surface area contributed by atoms with Gasteiger partial charge in [-0.15, -0.1) is 0 Å². The summed E-state index contributed by atoms with van der Waals surface area (Å²) in [5.41, 5.74) is 1.70. The van der Waals surface area contributed by atoms with Crippen molar-refractivity contribution < 1.29 is 14.3 Å². The lowest BCUT2D eigenvalue weighted by atomic mass is 9.88. The molecular weight excluding hydrogens is 423 g/mol. The zero-order valence-corrected chi connectivity index (χ0v) is 19.5. The number of hydrogen-bond donors (Lipinski definition) is 2. The minimum absolute atomic E-state index is 0.0389. The van der Waals surface area contributed by atoms with Crippen molar-refractivity contribution >= 4 is 5.91 Å². The fourth-order valence-corrected chi connectivity index (χ4v) is 5.57. The standard InChI is InChI=1S/C25H33FN4O3/c1-4-29-22-19(20(15-31)23(29)24(32)27-11-6-12-28(2)3)14-30-21(22)10-9-18(25(30)33)16-7-5-8-17(26)13-16/h5,7-10,13,19-20,22-23,31H,4,6,11-12,14-15H2,1-3H3,(H,27,32)/t19-,20-,22+,23-/m0/s1.